The third kappa shape index (κ3) is 3.22. The lowest BCUT2D eigenvalue weighted by atomic mass is 10.1. The van der Waals surface area contributed by atoms with Crippen molar-refractivity contribution in [3.8, 4) is 5.75 Å². The number of halogens is 3. The molecule has 5 nitrogen and oxygen atoms in total. The Hall–Kier alpha value is -2.77. The number of hydrogen-bond acceptors (Lipinski definition) is 4. The number of benzene rings is 1. The van der Waals surface area contributed by atoms with Gasteiger partial charge in [0, 0.05) is 6.20 Å². The number of alkyl halides is 3. The average molecular weight is 298 g/mol. The van der Waals surface area contributed by atoms with Gasteiger partial charge in [0.2, 0.25) is 0 Å². The molecule has 0 aliphatic carbocycles. The monoisotopic (exact) mass is 298 g/mol. The van der Waals surface area contributed by atoms with Gasteiger partial charge in [0.1, 0.15) is 17.1 Å². The summed E-state index contributed by atoms with van der Waals surface area (Å²) >= 11 is 0. The van der Waals surface area contributed by atoms with E-state index in [1.54, 1.807) is 0 Å². The molecule has 3 N–H and O–H groups in total. The largest absolute Gasteiger partial charge is 0.506 e. The van der Waals surface area contributed by atoms with E-state index in [9.17, 15) is 23.1 Å². The van der Waals surface area contributed by atoms with Crippen LogP contribution in [0.5, 0.6) is 5.75 Å². The number of hydrogen-bond donors (Lipinski definition) is 3. The second-order valence-corrected chi connectivity index (χ2v) is 4.06. The van der Waals surface area contributed by atoms with E-state index in [1.807, 2.05) is 0 Å². The van der Waals surface area contributed by atoms with Crippen molar-refractivity contribution in [1.29, 1.82) is 0 Å². The Bertz CT molecular complexity index is 687. The predicted molar refractivity (Wildman–Crippen MR) is 67.6 cm³/mol. The number of phenols is 1. The maximum absolute atomic E-state index is 12.6. The summed E-state index contributed by atoms with van der Waals surface area (Å²) in [7, 11) is 0. The fraction of sp³-hybridized carbons (Fsp3) is 0.0769. The van der Waals surface area contributed by atoms with Crippen LogP contribution in [0.3, 0.4) is 0 Å². The number of carboxylic acid groups (broad SMARTS) is 1. The van der Waals surface area contributed by atoms with Gasteiger partial charge in [-0.2, -0.15) is 13.2 Å². The number of nitrogens with zero attached hydrogens (tertiary/aromatic N) is 1. The Labute approximate surface area is 116 Å². The first kappa shape index (κ1) is 14.6. The summed E-state index contributed by atoms with van der Waals surface area (Å²) in [5.74, 6) is -1.92. The van der Waals surface area contributed by atoms with E-state index in [0.29, 0.717) is 6.07 Å². The molecule has 21 heavy (non-hydrogen) atoms. The van der Waals surface area contributed by atoms with Crippen LogP contribution in [0, 0.1) is 0 Å². The smallest absolute Gasteiger partial charge is 0.416 e. The topological polar surface area (TPSA) is 82.5 Å². The highest BCUT2D eigenvalue weighted by atomic mass is 19.4. The quantitative estimate of drug-likeness (QED) is 0.758. The lowest BCUT2D eigenvalue weighted by Crippen LogP contribution is -2.07. The van der Waals surface area contributed by atoms with Gasteiger partial charge in [0.15, 0.2) is 0 Å². The van der Waals surface area contributed by atoms with Crippen LogP contribution in [0.25, 0.3) is 0 Å². The second-order valence-electron chi connectivity index (χ2n) is 4.06. The zero-order valence-corrected chi connectivity index (χ0v) is 10.3. The molecule has 0 radical (unpaired) electrons. The van der Waals surface area contributed by atoms with Gasteiger partial charge in [-0.25, -0.2) is 9.78 Å². The maximum Gasteiger partial charge on any atom is 0.416 e. The van der Waals surface area contributed by atoms with Gasteiger partial charge in [-0.1, -0.05) is 0 Å². The molecule has 1 heterocycles. The normalized spacial score (nSPS) is 11.2. The van der Waals surface area contributed by atoms with Crippen molar-refractivity contribution >= 4 is 17.5 Å². The number of phenolic OH excluding ortho intramolecular Hbond substituents is 1. The molecule has 0 saturated heterocycles. The average Bonchev–Trinajstić information content (AvgIpc) is 2.40. The van der Waals surface area contributed by atoms with Crippen molar-refractivity contribution in [1.82, 2.24) is 4.98 Å². The predicted octanol–water partition coefficient (Wildman–Crippen LogP) is 3.25. The van der Waals surface area contributed by atoms with Crippen LogP contribution in [-0.4, -0.2) is 21.2 Å². The molecule has 0 amide bonds. The number of carbonyl (C=O) groups is 1. The number of aromatic nitrogens is 1. The van der Waals surface area contributed by atoms with E-state index in [2.05, 4.69) is 10.3 Å². The molecule has 2 rings (SSSR count). The zero-order valence-electron chi connectivity index (χ0n) is 10.3. The van der Waals surface area contributed by atoms with Crippen LogP contribution in [0.1, 0.15) is 15.9 Å². The van der Waals surface area contributed by atoms with Crippen LogP contribution in [-0.2, 0) is 6.18 Å². The lowest BCUT2D eigenvalue weighted by molar-refractivity contribution is -0.137. The maximum atomic E-state index is 12.6. The van der Waals surface area contributed by atoms with Gasteiger partial charge in [0.25, 0.3) is 0 Å². The van der Waals surface area contributed by atoms with Gasteiger partial charge in [0.05, 0.1) is 11.3 Å². The van der Waals surface area contributed by atoms with E-state index >= 15 is 0 Å². The molecule has 2 aromatic rings. The molecule has 0 saturated carbocycles. The standard InChI is InChI=1S/C13H9F3N2O3/c14-13(15,16)7-3-4-10(19)9(6-7)18-11-8(12(20)21)2-1-5-17-11/h1-6,19H,(H,17,18)(H,20,21). The fourth-order valence-electron chi connectivity index (χ4n) is 1.62. The van der Waals surface area contributed by atoms with Crippen molar-refractivity contribution in [3.63, 3.8) is 0 Å². The number of anilines is 2. The Morgan fingerprint density at radius 1 is 1.24 bits per heavy atom. The zero-order chi connectivity index (χ0) is 15.6. The number of aromatic carboxylic acids is 1. The lowest BCUT2D eigenvalue weighted by Gasteiger charge is -2.13. The van der Waals surface area contributed by atoms with Gasteiger partial charge >= 0.3 is 12.1 Å². The molecule has 0 atom stereocenters. The van der Waals surface area contributed by atoms with Crippen LogP contribution in [0.15, 0.2) is 36.5 Å². The Morgan fingerprint density at radius 3 is 2.57 bits per heavy atom. The minimum Gasteiger partial charge on any atom is -0.506 e. The molecule has 0 bridgehead atoms. The van der Waals surface area contributed by atoms with E-state index < -0.39 is 23.5 Å². The minimum absolute atomic E-state index is 0.167. The highest BCUT2D eigenvalue weighted by Crippen LogP contribution is 2.35. The van der Waals surface area contributed by atoms with Crippen molar-refractivity contribution in [2.24, 2.45) is 0 Å². The summed E-state index contributed by atoms with van der Waals surface area (Å²) in [5.41, 5.74) is -1.49. The number of carboxylic acids is 1. The summed E-state index contributed by atoms with van der Waals surface area (Å²) in [4.78, 5) is 14.7. The summed E-state index contributed by atoms with van der Waals surface area (Å²) < 4.78 is 37.9. The first-order chi connectivity index (χ1) is 9.79. The molecular weight excluding hydrogens is 289 g/mol. The van der Waals surface area contributed by atoms with Crippen molar-refractivity contribution in [2.45, 2.75) is 6.18 Å². The molecule has 110 valence electrons. The summed E-state index contributed by atoms with van der Waals surface area (Å²) in [6, 6.07) is 4.88. The van der Waals surface area contributed by atoms with E-state index in [-0.39, 0.29) is 17.1 Å². The highest BCUT2D eigenvalue weighted by Gasteiger charge is 2.31. The first-order valence-electron chi connectivity index (χ1n) is 5.64. The second kappa shape index (κ2) is 5.31. The Morgan fingerprint density at radius 2 is 1.95 bits per heavy atom. The van der Waals surface area contributed by atoms with Gasteiger partial charge in [-0.05, 0) is 30.3 Å². The van der Waals surface area contributed by atoms with Gasteiger partial charge < -0.3 is 15.5 Å². The molecule has 0 aliphatic heterocycles. The van der Waals surface area contributed by atoms with Crippen molar-refractivity contribution < 1.29 is 28.2 Å². The molecule has 0 aliphatic rings. The number of nitrogens with one attached hydrogen (secondary N) is 1. The summed E-state index contributed by atoms with van der Waals surface area (Å²) in [5, 5.41) is 21.0. The van der Waals surface area contributed by atoms with Crippen molar-refractivity contribution in [3.05, 3.63) is 47.7 Å². The Balaban J connectivity index is 2.43. The fourth-order valence-corrected chi connectivity index (χ4v) is 1.62. The SMILES string of the molecule is O=C(O)c1cccnc1Nc1cc(C(F)(F)F)ccc1O. The third-order valence-corrected chi connectivity index (χ3v) is 2.62. The molecule has 0 unspecified atom stereocenters. The number of aromatic hydroxyl groups is 1. The Kier molecular flexibility index (Phi) is 3.70. The highest BCUT2D eigenvalue weighted by molar-refractivity contribution is 5.94. The molecule has 8 heteroatoms. The molecule has 1 aromatic heterocycles. The van der Waals surface area contributed by atoms with Crippen LogP contribution in [0.2, 0.25) is 0 Å². The molecule has 1 aromatic carbocycles. The number of pyridine rings is 1. The van der Waals surface area contributed by atoms with E-state index in [0.717, 1.165) is 12.1 Å². The third-order valence-electron chi connectivity index (χ3n) is 2.62. The van der Waals surface area contributed by atoms with Gasteiger partial charge in [-0.3, -0.25) is 0 Å². The van der Waals surface area contributed by atoms with Crippen LogP contribution < -0.4 is 5.32 Å². The molecule has 0 fully saturated rings. The molecular formula is C13H9F3N2O3. The van der Waals surface area contributed by atoms with Crippen LogP contribution >= 0.6 is 0 Å². The van der Waals surface area contributed by atoms with E-state index in [1.165, 1.54) is 18.3 Å². The minimum atomic E-state index is -4.58. The van der Waals surface area contributed by atoms with Crippen molar-refractivity contribution in [2.75, 3.05) is 5.32 Å². The number of rotatable bonds is 3. The van der Waals surface area contributed by atoms with E-state index in [4.69, 9.17) is 5.11 Å². The molecule has 0 spiro atoms. The van der Waals surface area contributed by atoms with Gasteiger partial charge in [-0.15, -0.1) is 0 Å². The summed E-state index contributed by atoms with van der Waals surface area (Å²) in [6.07, 6.45) is -3.30. The first-order valence-corrected chi connectivity index (χ1v) is 5.64. The van der Waals surface area contributed by atoms with Crippen LogP contribution in [0.4, 0.5) is 24.7 Å². The summed E-state index contributed by atoms with van der Waals surface area (Å²) in [6.45, 7) is 0.